The van der Waals surface area contributed by atoms with E-state index in [2.05, 4.69) is 18.7 Å². The molecule has 1 aromatic rings. The third-order valence-corrected chi connectivity index (χ3v) is 3.26. The average Bonchev–Trinajstić information content (AvgIpc) is 2.44. The van der Waals surface area contributed by atoms with Crippen LogP contribution in [0.3, 0.4) is 0 Å². The maximum atomic E-state index is 12.2. The van der Waals surface area contributed by atoms with Crippen molar-refractivity contribution in [1.82, 2.24) is 4.90 Å². The van der Waals surface area contributed by atoms with Gasteiger partial charge in [0, 0.05) is 32.9 Å². The average molecular weight is 275 g/mol. The second kappa shape index (κ2) is 7.70. The summed E-state index contributed by atoms with van der Waals surface area (Å²) in [5, 5.41) is 0. The molecular weight excluding hydrogens is 250 g/mol. The van der Waals surface area contributed by atoms with E-state index in [4.69, 9.17) is 5.73 Å². The van der Waals surface area contributed by atoms with Crippen LogP contribution < -0.4 is 10.6 Å². The number of benzene rings is 1. The Labute approximate surface area is 121 Å². The molecule has 20 heavy (non-hydrogen) atoms. The maximum absolute atomic E-state index is 12.2. The first-order valence-electron chi connectivity index (χ1n) is 6.91. The fourth-order valence-corrected chi connectivity index (χ4v) is 1.98. The predicted octanol–water partition coefficient (Wildman–Crippen LogP) is 2.00. The zero-order valence-electron chi connectivity index (χ0n) is 12.7. The number of amides is 1. The molecule has 0 radical (unpaired) electrons. The monoisotopic (exact) mass is 275 g/mol. The first kappa shape index (κ1) is 16.2. The highest BCUT2D eigenvalue weighted by molar-refractivity contribution is 5.81. The molecule has 2 N–H and O–H groups in total. The molecule has 0 aliphatic rings. The van der Waals surface area contributed by atoms with Crippen molar-refractivity contribution in [2.24, 2.45) is 5.73 Å². The van der Waals surface area contributed by atoms with Gasteiger partial charge in [-0.2, -0.15) is 0 Å². The van der Waals surface area contributed by atoms with Crippen LogP contribution in [-0.4, -0.2) is 37.5 Å². The van der Waals surface area contributed by atoms with E-state index in [1.165, 1.54) is 0 Å². The molecule has 1 aromatic carbocycles. The number of likely N-dealkylation sites (N-methyl/N-ethyl adjacent to an activating group) is 1. The quantitative estimate of drug-likeness (QED) is 0.774. The van der Waals surface area contributed by atoms with Gasteiger partial charge in [0.15, 0.2) is 0 Å². The fourth-order valence-electron chi connectivity index (χ4n) is 1.98. The molecular formula is C16H25N3O. The molecule has 0 bridgehead atoms. The standard InChI is InChI=1S/C16H25N3O/c1-5-7-15(17)16(20)19(6-2)12-13-8-10-14(11-9-13)18(3)4/h5,8-11,15H,1,6-7,12,17H2,2-4H3. The van der Waals surface area contributed by atoms with Crippen LogP contribution in [0.2, 0.25) is 0 Å². The Bertz CT molecular complexity index is 440. The molecule has 4 heteroatoms. The van der Waals surface area contributed by atoms with E-state index < -0.39 is 6.04 Å². The van der Waals surface area contributed by atoms with E-state index in [0.29, 0.717) is 19.5 Å². The molecule has 4 nitrogen and oxygen atoms in total. The van der Waals surface area contributed by atoms with Crippen molar-refractivity contribution >= 4 is 11.6 Å². The Morgan fingerprint density at radius 3 is 2.40 bits per heavy atom. The molecule has 0 aliphatic carbocycles. The molecule has 0 saturated carbocycles. The van der Waals surface area contributed by atoms with E-state index in [1.54, 1.807) is 11.0 Å². The Morgan fingerprint density at radius 1 is 1.35 bits per heavy atom. The topological polar surface area (TPSA) is 49.6 Å². The largest absolute Gasteiger partial charge is 0.378 e. The van der Waals surface area contributed by atoms with Crippen LogP contribution in [0.4, 0.5) is 5.69 Å². The summed E-state index contributed by atoms with van der Waals surface area (Å²) in [5.41, 5.74) is 8.11. The van der Waals surface area contributed by atoms with Gasteiger partial charge in [0.1, 0.15) is 0 Å². The highest BCUT2D eigenvalue weighted by Crippen LogP contribution is 2.14. The van der Waals surface area contributed by atoms with Gasteiger partial charge in [-0.3, -0.25) is 4.79 Å². The molecule has 0 aromatic heterocycles. The minimum Gasteiger partial charge on any atom is -0.378 e. The van der Waals surface area contributed by atoms with E-state index >= 15 is 0 Å². The summed E-state index contributed by atoms with van der Waals surface area (Å²) in [7, 11) is 4.01. The molecule has 0 fully saturated rings. The van der Waals surface area contributed by atoms with Crippen LogP contribution in [0.15, 0.2) is 36.9 Å². The van der Waals surface area contributed by atoms with E-state index in [9.17, 15) is 4.79 Å². The van der Waals surface area contributed by atoms with E-state index in [0.717, 1.165) is 11.3 Å². The number of nitrogens with zero attached hydrogens (tertiary/aromatic N) is 2. The summed E-state index contributed by atoms with van der Waals surface area (Å²) in [6.45, 7) is 6.83. The van der Waals surface area contributed by atoms with Crippen LogP contribution in [0.25, 0.3) is 0 Å². The minimum absolute atomic E-state index is 0.0240. The van der Waals surface area contributed by atoms with Crippen molar-refractivity contribution in [3.8, 4) is 0 Å². The van der Waals surface area contributed by atoms with Crippen LogP contribution >= 0.6 is 0 Å². The summed E-state index contributed by atoms with van der Waals surface area (Å²) < 4.78 is 0. The van der Waals surface area contributed by atoms with E-state index in [-0.39, 0.29) is 5.91 Å². The lowest BCUT2D eigenvalue weighted by Gasteiger charge is -2.24. The highest BCUT2D eigenvalue weighted by Gasteiger charge is 2.18. The van der Waals surface area contributed by atoms with Crippen molar-refractivity contribution in [1.29, 1.82) is 0 Å². The van der Waals surface area contributed by atoms with Crippen LogP contribution in [0, 0.1) is 0 Å². The summed E-state index contributed by atoms with van der Waals surface area (Å²) in [6, 6.07) is 7.71. The van der Waals surface area contributed by atoms with Crippen LogP contribution in [-0.2, 0) is 11.3 Å². The second-order valence-corrected chi connectivity index (χ2v) is 5.04. The SMILES string of the molecule is C=CCC(N)C(=O)N(CC)Cc1ccc(N(C)C)cc1. The number of anilines is 1. The number of carbonyl (C=O) groups excluding carboxylic acids is 1. The molecule has 1 rings (SSSR count). The minimum atomic E-state index is -0.492. The lowest BCUT2D eigenvalue weighted by atomic mass is 10.1. The maximum Gasteiger partial charge on any atom is 0.240 e. The zero-order valence-corrected chi connectivity index (χ0v) is 12.7. The lowest BCUT2D eigenvalue weighted by molar-refractivity contribution is -0.132. The van der Waals surface area contributed by atoms with Crippen molar-refractivity contribution in [2.75, 3.05) is 25.5 Å². The van der Waals surface area contributed by atoms with Crippen LogP contribution in [0.1, 0.15) is 18.9 Å². The van der Waals surface area contributed by atoms with Gasteiger partial charge in [-0.15, -0.1) is 6.58 Å². The van der Waals surface area contributed by atoms with Gasteiger partial charge in [-0.1, -0.05) is 18.2 Å². The molecule has 1 amide bonds. The third kappa shape index (κ3) is 4.38. The molecule has 0 aliphatic heterocycles. The molecule has 0 saturated heterocycles. The van der Waals surface area contributed by atoms with Gasteiger partial charge >= 0.3 is 0 Å². The number of hydrogen-bond donors (Lipinski definition) is 1. The Balaban J connectivity index is 2.72. The molecule has 1 unspecified atom stereocenters. The van der Waals surface area contributed by atoms with Crippen LogP contribution in [0.5, 0.6) is 0 Å². The summed E-state index contributed by atoms with van der Waals surface area (Å²) in [6.07, 6.45) is 2.19. The van der Waals surface area contributed by atoms with Crippen molar-refractivity contribution in [3.63, 3.8) is 0 Å². The lowest BCUT2D eigenvalue weighted by Crippen LogP contribution is -2.43. The number of carbonyl (C=O) groups is 1. The molecule has 0 heterocycles. The van der Waals surface area contributed by atoms with Crippen molar-refractivity contribution < 1.29 is 4.79 Å². The van der Waals surface area contributed by atoms with Gasteiger partial charge in [0.2, 0.25) is 5.91 Å². The molecule has 110 valence electrons. The molecule has 1 atom stereocenters. The predicted molar refractivity (Wildman–Crippen MR) is 84.6 cm³/mol. The number of nitrogens with two attached hydrogens (primary N) is 1. The number of hydrogen-bond acceptors (Lipinski definition) is 3. The first-order valence-corrected chi connectivity index (χ1v) is 6.91. The van der Waals surface area contributed by atoms with Crippen molar-refractivity contribution in [3.05, 3.63) is 42.5 Å². The zero-order chi connectivity index (χ0) is 15.1. The normalized spacial score (nSPS) is 11.8. The summed E-state index contributed by atoms with van der Waals surface area (Å²) in [4.78, 5) is 16.0. The van der Waals surface area contributed by atoms with Gasteiger partial charge < -0.3 is 15.5 Å². The van der Waals surface area contributed by atoms with E-state index in [1.807, 2.05) is 38.1 Å². The van der Waals surface area contributed by atoms with Gasteiger partial charge in [-0.25, -0.2) is 0 Å². The van der Waals surface area contributed by atoms with Gasteiger partial charge in [0.25, 0.3) is 0 Å². The Kier molecular flexibility index (Phi) is 6.25. The van der Waals surface area contributed by atoms with Crippen molar-refractivity contribution in [2.45, 2.75) is 25.9 Å². The first-order chi connectivity index (χ1) is 9.49. The van der Waals surface area contributed by atoms with Gasteiger partial charge in [0.05, 0.1) is 6.04 Å². The summed E-state index contributed by atoms with van der Waals surface area (Å²) >= 11 is 0. The third-order valence-electron chi connectivity index (χ3n) is 3.26. The second-order valence-electron chi connectivity index (χ2n) is 5.04. The summed E-state index contributed by atoms with van der Waals surface area (Å²) in [5.74, 6) is -0.0240. The molecule has 0 spiro atoms. The van der Waals surface area contributed by atoms with Gasteiger partial charge in [-0.05, 0) is 31.0 Å². The smallest absolute Gasteiger partial charge is 0.240 e. The fraction of sp³-hybridized carbons (Fsp3) is 0.438. The number of rotatable bonds is 7. The highest BCUT2D eigenvalue weighted by atomic mass is 16.2. The Morgan fingerprint density at radius 2 is 1.95 bits per heavy atom. The Hall–Kier alpha value is -1.81.